The molecule has 2 heteroatoms. The lowest BCUT2D eigenvalue weighted by Gasteiger charge is -2.11. The summed E-state index contributed by atoms with van der Waals surface area (Å²) < 4.78 is 5.63. The maximum atomic E-state index is 6.18. The number of aryl methyl sites for hydroxylation is 1. The van der Waals surface area contributed by atoms with Crippen LogP contribution < -0.4 is 0 Å². The van der Waals surface area contributed by atoms with E-state index in [-0.39, 0.29) is 5.56 Å². The largest absolute Gasteiger partial charge is 0.358 e. The van der Waals surface area contributed by atoms with Crippen LogP contribution in [-0.4, -0.2) is 6.61 Å². The molecule has 1 nitrogen and oxygen atoms in total. The summed E-state index contributed by atoms with van der Waals surface area (Å²) in [7, 11) is 0. The topological polar surface area (TPSA) is 9.23 Å². The van der Waals surface area contributed by atoms with Gasteiger partial charge in [0.15, 0.2) is 5.56 Å². The molecule has 0 heterocycles. The van der Waals surface area contributed by atoms with Gasteiger partial charge in [-0.15, -0.1) is 0 Å². The van der Waals surface area contributed by atoms with E-state index in [0.29, 0.717) is 6.61 Å². The first-order valence-corrected chi connectivity index (χ1v) is 7.14. The number of ether oxygens (including phenoxy) is 1. The normalized spacial score (nSPS) is 12.3. The number of benzene rings is 2. The van der Waals surface area contributed by atoms with Crippen molar-refractivity contribution < 1.29 is 4.74 Å². The van der Waals surface area contributed by atoms with E-state index >= 15 is 0 Å². The summed E-state index contributed by atoms with van der Waals surface area (Å²) in [6.45, 7) is 0.704. The van der Waals surface area contributed by atoms with Crippen molar-refractivity contribution in [1.29, 1.82) is 0 Å². The molecule has 0 saturated heterocycles. The zero-order chi connectivity index (χ0) is 13.3. The van der Waals surface area contributed by atoms with Gasteiger partial charge < -0.3 is 4.74 Å². The van der Waals surface area contributed by atoms with Gasteiger partial charge in [-0.3, -0.25) is 0 Å². The molecule has 1 atom stereocenters. The molecule has 0 aliphatic rings. The molecule has 2 rings (SSSR count). The van der Waals surface area contributed by atoms with Crippen molar-refractivity contribution >= 4 is 11.6 Å². The minimum atomic E-state index is -0.335. The highest BCUT2D eigenvalue weighted by atomic mass is 35.5. The Hall–Kier alpha value is -1.31. The van der Waals surface area contributed by atoms with Crippen molar-refractivity contribution in [2.75, 3.05) is 6.61 Å². The summed E-state index contributed by atoms with van der Waals surface area (Å²) in [6, 6.07) is 20.4. The number of hydrogen-bond donors (Lipinski definition) is 0. The van der Waals surface area contributed by atoms with Crippen LogP contribution in [0.1, 0.15) is 29.5 Å². The first-order chi connectivity index (χ1) is 9.36. The molecule has 0 fully saturated rings. The van der Waals surface area contributed by atoms with E-state index in [4.69, 9.17) is 16.3 Å². The van der Waals surface area contributed by atoms with Gasteiger partial charge in [-0.25, -0.2) is 0 Å². The monoisotopic (exact) mass is 274 g/mol. The zero-order valence-electron chi connectivity index (χ0n) is 11.0. The average molecular weight is 275 g/mol. The van der Waals surface area contributed by atoms with Crippen LogP contribution in [0.2, 0.25) is 0 Å². The molecule has 2 aromatic carbocycles. The second-order valence-electron chi connectivity index (χ2n) is 4.54. The highest BCUT2D eigenvalue weighted by Gasteiger charge is 2.06. The highest BCUT2D eigenvalue weighted by molar-refractivity contribution is 6.19. The molecule has 2 aromatic rings. The van der Waals surface area contributed by atoms with E-state index in [2.05, 4.69) is 24.3 Å². The second kappa shape index (κ2) is 7.98. The number of alkyl halides is 1. The van der Waals surface area contributed by atoms with Crippen LogP contribution in [0, 0.1) is 0 Å². The third-order valence-electron chi connectivity index (χ3n) is 3.03. The van der Waals surface area contributed by atoms with Gasteiger partial charge in [0.25, 0.3) is 0 Å². The van der Waals surface area contributed by atoms with Gasteiger partial charge in [0.05, 0.1) is 0 Å². The molecule has 0 bridgehead atoms. The molecule has 0 amide bonds. The molecule has 0 radical (unpaired) electrons. The van der Waals surface area contributed by atoms with Crippen LogP contribution in [0.5, 0.6) is 0 Å². The first-order valence-electron chi connectivity index (χ1n) is 6.71. The zero-order valence-corrected chi connectivity index (χ0v) is 11.7. The van der Waals surface area contributed by atoms with Crippen LogP contribution in [0.15, 0.2) is 60.7 Å². The quantitative estimate of drug-likeness (QED) is 0.512. The van der Waals surface area contributed by atoms with E-state index < -0.39 is 0 Å². The van der Waals surface area contributed by atoms with Crippen molar-refractivity contribution in [2.24, 2.45) is 0 Å². The smallest absolute Gasteiger partial charge is 0.156 e. The van der Waals surface area contributed by atoms with Gasteiger partial charge in [0, 0.05) is 6.61 Å². The van der Waals surface area contributed by atoms with E-state index in [1.165, 1.54) is 5.56 Å². The summed E-state index contributed by atoms with van der Waals surface area (Å²) in [5.74, 6) is 0. The minimum Gasteiger partial charge on any atom is -0.358 e. The predicted octanol–water partition coefficient (Wildman–Crippen LogP) is 4.96. The maximum absolute atomic E-state index is 6.18. The van der Waals surface area contributed by atoms with Crippen LogP contribution in [0.4, 0.5) is 0 Å². The molecular formula is C17H19ClO. The van der Waals surface area contributed by atoms with Crippen molar-refractivity contribution in [3.63, 3.8) is 0 Å². The van der Waals surface area contributed by atoms with Gasteiger partial charge in [-0.2, -0.15) is 0 Å². The lowest BCUT2D eigenvalue weighted by molar-refractivity contribution is 0.105. The number of unbranched alkanes of at least 4 members (excludes halogenated alkanes) is 1. The lowest BCUT2D eigenvalue weighted by Crippen LogP contribution is -2.00. The Bertz CT molecular complexity index is 455. The van der Waals surface area contributed by atoms with Crippen molar-refractivity contribution in [2.45, 2.75) is 24.8 Å². The van der Waals surface area contributed by atoms with Crippen molar-refractivity contribution in [3.8, 4) is 0 Å². The van der Waals surface area contributed by atoms with Crippen LogP contribution in [0.3, 0.4) is 0 Å². The average Bonchev–Trinajstić information content (AvgIpc) is 2.49. The number of halogens is 1. The van der Waals surface area contributed by atoms with E-state index in [0.717, 1.165) is 24.8 Å². The van der Waals surface area contributed by atoms with Gasteiger partial charge in [0.2, 0.25) is 0 Å². The van der Waals surface area contributed by atoms with Gasteiger partial charge in [-0.05, 0) is 30.4 Å². The van der Waals surface area contributed by atoms with Gasteiger partial charge in [0.1, 0.15) is 0 Å². The fourth-order valence-electron chi connectivity index (χ4n) is 1.96. The van der Waals surface area contributed by atoms with Gasteiger partial charge >= 0.3 is 0 Å². The third kappa shape index (κ3) is 5.06. The fourth-order valence-corrected chi connectivity index (χ4v) is 2.20. The SMILES string of the molecule is ClC(OCCCCc1ccccc1)c1ccccc1. The Balaban J connectivity index is 1.62. The van der Waals surface area contributed by atoms with E-state index in [1.54, 1.807) is 0 Å². The summed E-state index contributed by atoms with van der Waals surface area (Å²) in [4.78, 5) is 0. The maximum Gasteiger partial charge on any atom is 0.156 e. The molecule has 0 aliphatic heterocycles. The standard InChI is InChI=1S/C17H19ClO/c18-17(16-12-5-2-6-13-16)19-14-8-7-11-15-9-3-1-4-10-15/h1-6,9-10,12-13,17H,7-8,11,14H2. The molecule has 100 valence electrons. The Morgan fingerprint density at radius 1 is 0.842 bits per heavy atom. The third-order valence-corrected chi connectivity index (χ3v) is 3.41. The molecule has 0 aliphatic carbocycles. The molecule has 19 heavy (non-hydrogen) atoms. The molecule has 0 aromatic heterocycles. The molecule has 1 unspecified atom stereocenters. The summed E-state index contributed by atoms with van der Waals surface area (Å²) in [5, 5.41) is 0. The predicted molar refractivity (Wildman–Crippen MR) is 80.4 cm³/mol. The molecule has 0 N–H and O–H groups in total. The number of hydrogen-bond acceptors (Lipinski definition) is 1. The lowest BCUT2D eigenvalue weighted by atomic mass is 10.1. The highest BCUT2D eigenvalue weighted by Crippen LogP contribution is 2.21. The Morgan fingerprint density at radius 3 is 2.16 bits per heavy atom. The molecule has 0 spiro atoms. The second-order valence-corrected chi connectivity index (χ2v) is 4.94. The first kappa shape index (κ1) is 14.1. The fraction of sp³-hybridized carbons (Fsp3) is 0.294. The Kier molecular flexibility index (Phi) is 5.93. The van der Waals surface area contributed by atoms with E-state index in [1.807, 2.05) is 36.4 Å². The molecular weight excluding hydrogens is 256 g/mol. The summed E-state index contributed by atoms with van der Waals surface area (Å²) in [6.07, 6.45) is 3.26. The Morgan fingerprint density at radius 2 is 1.47 bits per heavy atom. The van der Waals surface area contributed by atoms with E-state index in [9.17, 15) is 0 Å². The number of rotatable bonds is 7. The van der Waals surface area contributed by atoms with Crippen molar-refractivity contribution in [3.05, 3.63) is 71.8 Å². The minimum absolute atomic E-state index is 0.335. The van der Waals surface area contributed by atoms with Crippen LogP contribution in [-0.2, 0) is 11.2 Å². The van der Waals surface area contributed by atoms with Crippen molar-refractivity contribution in [1.82, 2.24) is 0 Å². The summed E-state index contributed by atoms with van der Waals surface area (Å²) in [5.41, 5.74) is 2.07. The van der Waals surface area contributed by atoms with Crippen LogP contribution >= 0.6 is 11.6 Å². The van der Waals surface area contributed by atoms with Gasteiger partial charge in [-0.1, -0.05) is 72.3 Å². The Labute approximate surface area is 120 Å². The van der Waals surface area contributed by atoms with Crippen LogP contribution in [0.25, 0.3) is 0 Å². The summed E-state index contributed by atoms with van der Waals surface area (Å²) >= 11 is 6.18. The molecule has 0 saturated carbocycles.